The fourth-order valence-corrected chi connectivity index (χ4v) is 5.13. The van der Waals surface area contributed by atoms with Crippen molar-refractivity contribution in [2.24, 2.45) is 5.10 Å². The third kappa shape index (κ3) is 4.38. The number of nitrogens with one attached hydrogen (secondary N) is 1. The van der Waals surface area contributed by atoms with Crippen LogP contribution in [0.5, 0.6) is 5.88 Å². The number of hydrogen-bond donors (Lipinski definition) is 1. The Labute approximate surface area is 221 Å². The maximum absolute atomic E-state index is 11.8. The quantitative estimate of drug-likeness (QED) is 0.144. The first-order valence-electron chi connectivity index (χ1n) is 11.7. The van der Waals surface area contributed by atoms with Gasteiger partial charge >= 0.3 is 0 Å². The molecule has 0 atom stereocenters. The van der Waals surface area contributed by atoms with Crippen LogP contribution in [0.2, 0.25) is 0 Å². The highest BCUT2D eigenvalue weighted by atomic mass is 32.1. The van der Waals surface area contributed by atoms with E-state index in [1.165, 1.54) is 17.4 Å². The van der Waals surface area contributed by atoms with E-state index in [1.807, 2.05) is 51.1 Å². The number of hydrogen-bond acceptors (Lipinski definition) is 10. The molecule has 0 aliphatic carbocycles. The van der Waals surface area contributed by atoms with E-state index >= 15 is 0 Å². The molecule has 188 valence electrons. The van der Waals surface area contributed by atoms with Crippen LogP contribution >= 0.6 is 11.3 Å². The summed E-state index contributed by atoms with van der Waals surface area (Å²) in [5.74, 6) is 0.766. The van der Waals surface area contributed by atoms with Gasteiger partial charge in [0, 0.05) is 22.7 Å². The molecule has 0 spiro atoms. The molecule has 0 amide bonds. The van der Waals surface area contributed by atoms with Crippen molar-refractivity contribution in [3.8, 4) is 34.5 Å². The number of ether oxygens (including phenoxy) is 1. The van der Waals surface area contributed by atoms with E-state index < -0.39 is 4.92 Å². The Morgan fingerprint density at radius 3 is 2.55 bits per heavy atom. The maximum atomic E-state index is 11.8. The highest BCUT2D eigenvalue weighted by molar-refractivity contribution is 7.26. The Morgan fingerprint density at radius 1 is 1.13 bits per heavy atom. The first-order chi connectivity index (χ1) is 18.4. The minimum atomic E-state index is -0.463. The van der Waals surface area contributed by atoms with Gasteiger partial charge in [0.15, 0.2) is 11.6 Å². The Bertz CT molecular complexity index is 1770. The molecule has 0 aliphatic heterocycles. The number of hydrazone groups is 1. The number of nitrogens with zero attached hydrogens (tertiary/aromatic N) is 6. The van der Waals surface area contributed by atoms with E-state index in [4.69, 9.17) is 9.72 Å². The lowest BCUT2D eigenvalue weighted by Crippen LogP contribution is -2.01. The van der Waals surface area contributed by atoms with Crippen molar-refractivity contribution < 1.29 is 9.66 Å². The summed E-state index contributed by atoms with van der Waals surface area (Å²) in [6, 6.07) is 18.1. The van der Waals surface area contributed by atoms with Crippen molar-refractivity contribution in [2.45, 2.75) is 20.8 Å². The first-order valence-corrected chi connectivity index (χ1v) is 12.5. The van der Waals surface area contributed by atoms with Gasteiger partial charge in [-0.2, -0.15) is 10.4 Å². The molecule has 3 aromatic heterocycles. The molecule has 0 aliphatic rings. The lowest BCUT2D eigenvalue weighted by atomic mass is 9.98. The van der Waals surface area contributed by atoms with Crippen LogP contribution in [0.1, 0.15) is 26.3 Å². The summed E-state index contributed by atoms with van der Waals surface area (Å²) >= 11 is 1.33. The van der Waals surface area contributed by atoms with Crippen LogP contribution in [0.3, 0.4) is 0 Å². The largest absolute Gasteiger partial charge is 0.477 e. The summed E-state index contributed by atoms with van der Waals surface area (Å²) in [5, 5.41) is 26.9. The zero-order valence-corrected chi connectivity index (χ0v) is 21.5. The van der Waals surface area contributed by atoms with Gasteiger partial charge in [0.2, 0.25) is 5.88 Å². The molecule has 5 rings (SSSR count). The molecule has 0 saturated carbocycles. The van der Waals surface area contributed by atoms with Gasteiger partial charge in [-0.1, -0.05) is 42.5 Å². The second kappa shape index (κ2) is 10.2. The molecule has 3 heterocycles. The molecule has 1 N–H and O–H groups in total. The van der Waals surface area contributed by atoms with Crippen LogP contribution in [-0.2, 0) is 0 Å². The number of para-hydroxylation sites is 1. The highest BCUT2D eigenvalue weighted by Gasteiger charge is 2.26. The van der Waals surface area contributed by atoms with Crippen LogP contribution in [0.25, 0.3) is 42.9 Å². The predicted octanol–water partition coefficient (Wildman–Crippen LogP) is 6.56. The summed E-state index contributed by atoms with van der Waals surface area (Å²) in [6.45, 7) is 5.84. The summed E-state index contributed by atoms with van der Waals surface area (Å²) in [5.41, 5.74) is 6.10. The molecule has 0 unspecified atom stereocenters. The summed E-state index contributed by atoms with van der Waals surface area (Å²) in [7, 11) is 0. The molecule has 2 aromatic carbocycles. The maximum Gasteiger partial charge on any atom is 0.280 e. The Morgan fingerprint density at radius 2 is 1.87 bits per heavy atom. The zero-order chi connectivity index (χ0) is 26.8. The van der Waals surface area contributed by atoms with E-state index in [2.05, 4.69) is 26.6 Å². The van der Waals surface area contributed by atoms with Gasteiger partial charge in [-0.25, -0.2) is 15.0 Å². The van der Waals surface area contributed by atoms with Gasteiger partial charge in [-0.05, 0) is 32.4 Å². The van der Waals surface area contributed by atoms with Crippen molar-refractivity contribution in [3.05, 3.63) is 70.3 Å². The molecule has 38 heavy (non-hydrogen) atoms. The normalized spacial score (nSPS) is 10.8. The van der Waals surface area contributed by atoms with Crippen LogP contribution < -0.4 is 10.2 Å². The summed E-state index contributed by atoms with van der Waals surface area (Å²) < 4.78 is 6.41. The van der Waals surface area contributed by atoms with Crippen molar-refractivity contribution in [3.63, 3.8) is 0 Å². The number of thiophene rings is 1. The van der Waals surface area contributed by atoms with Gasteiger partial charge in [0.05, 0.1) is 27.3 Å². The van der Waals surface area contributed by atoms with Gasteiger partial charge in [0.25, 0.3) is 5.69 Å². The molecule has 0 fully saturated rings. The highest BCUT2D eigenvalue weighted by Crippen LogP contribution is 2.45. The topological polar surface area (TPSA) is 139 Å². The molecular weight excluding hydrogens is 502 g/mol. The Balaban J connectivity index is 1.95. The van der Waals surface area contributed by atoms with Crippen LogP contribution in [0, 0.1) is 21.4 Å². The van der Waals surface area contributed by atoms with Crippen molar-refractivity contribution in [2.75, 3.05) is 12.0 Å². The van der Waals surface area contributed by atoms with Crippen molar-refractivity contribution in [1.82, 2.24) is 15.0 Å². The van der Waals surface area contributed by atoms with Crippen LogP contribution in [0.4, 0.5) is 11.5 Å². The lowest BCUT2D eigenvalue weighted by molar-refractivity contribution is -0.384. The number of pyridine rings is 1. The van der Waals surface area contributed by atoms with E-state index in [9.17, 15) is 15.4 Å². The fourth-order valence-electron chi connectivity index (χ4n) is 4.07. The molecule has 0 radical (unpaired) electrons. The number of fused-ring (bicyclic) bond motifs is 3. The zero-order valence-electron chi connectivity index (χ0n) is 20.7. The van der Waals surface area contributed by atoms with E-state index in [0.29, 0.717) is 38.4 Å². The summed E-state index contributed by atoms with van der Waals surface area (Å²) in [4.78, 5) is 26.1. The molecule has 0 saturated heterocycles. The molecule has 0 bridgehead atoms. The molecule has 5 aromatic rings. The number of aromatic nitrogens is 3. The van der Waals surface area contributed by atoms with Gasteiger partial charge < -0.3 is 4.74 Å². The minimum Gasteiger partial charge on any atom is -0.477 e. The van der Waals surface area contributed by atoms with Crippen molar-refractivity contribution >= 4 is 49.0 Å². The van der Waals surface area contributed by atoms with E-state index in [-0.39, 0.29) is 28.5 Å². The lowest BCUT2D eigenvalue weighted by Gasteiger charge is -2.12. The number of rotatable bonds is 7. The number of nitriles is 1. The fraction of sp³-hybridized carbons (Fsp3) is 0.148. The summed E-state index contributed by atoms with van der Waals surface area (Å²) in [6.07, 6.45) is 0. The monoisotopic (exact) mass is 523 g/mol. The second-order valence-corrected chi connectivity index (χ2v) is 9.38. The SMILES string of the molecule is CCOc1nc2sc3c(NN=C(C)C)nc(-c4ccccc4[N+](=O)[O-])nc3c2c(-c2ccccc2)c1C#N. The average molecular weight is 524 g/mol. The Hall–Kier alpha value is -4.95. The number of nitro groups is 1. The third-order valence-electron chi connectivity index (χ3n) is 5.61. The molecule has 10 nitrogen and oxygen atoms in total. The second-order valence-electron chi connectivity index (χ2n) is 8.38. The van der Waals surface area contributed by atoms with Crippen molar-refractivity contribution in [1.29, 1.82) is 5.26 Å². The van der Waals surface area contributed by atoms with E-state index in [1.54, 1.807) is 18.2 Å². The van der Waals surface area contributed by atoms with Gasteiger partial charge in [-0.15, -0.1) is 11.3 Å². The minimum absolute atomic E-state index is 0.120. The standard InChI is InChI=1S/C27H21N7O3S/c1-4-37-26-18(14-28)20(16-10-6-5-7-11-16)21-22-23(38-27(21)31-26)25(33-32-15(2)3)30-24(29-22)17-12-8-9-13-19(17)34(35)36/h5-13H,4H2,1-3H3,(H,29,30,33). The molecule has 11 heteroatoms. The van der Waals surface area contributed by atoms with E-state index in [0.717, 1.165) is 11.3 Å². The smallest absolute Gasteiger partial charge is 0.280 e. The van der Waals surface area contributed by atoms with Crippen LogP contribution in [0.15, 0.2) is 59.7 Å². The number of nitro benzene ring substituents is 1. The third-order valence-corrected chi connectivity index (χ3v) is 6.69. The van der Waals surface area contributed by atoms with Crippen LogP contribution in [-0.4, -0.2) is 32.2 Å². The average Bonchev–Trinajstić information content (AvgIpc) is 3.29. The van der Waals surface area contributed by atoms with Gasteiger partial charge in [-0.3, -0.25) is 15.5 Å². The number of benzene rings is 2. The van der Waals surface area contributed by atoms with Gasteiger partial charge in [0.1, 0.15) is 16.5 Å². The molecular formula is C27H21N7O3S. The first kappa shape index (κ1) is 24.7. The number of anilines is 1. The predicted molar refractivity (Wildman–Crippen MR) is 149 cm³/mol. The Kier molecular flexibility index (Phi) is 6.64.